The summed E-state index contributed by atoms with van der Waals surface area (Å²) in [6.45, 7) is 2.18. The lowest BCUT2D eigenvalue weighted by Gasteiger charge is -2.38. The zero-order chi connectivity index (χ0) is 14.7. The molecule has 1 saturated carbocycles. The Kier molecular flexibility index (Phi) is 4.20. The quantitative estimate of drug-likeness (QED) is 0.908. The molecule has 0 radical (unpaired) electrons. The van der Waals surface area contributed by atoms with Gasteiger partial charge in [-0.05, 0) is 49.4 Å². The zero-order valence-electron chi connectivity index (χ0n) is 12.6. The Morgan fingerprint density at radius 2 is 1.90 bits per heavy atom. The number of pyridine rings is 1. The summed E-state index contributed by atoms with van der Waals surface area (Å²) in [5, 5.41) is 3.67. The van der Waals surface area contributed by atoms with E-state index in [1.165, 1.54) is 5.56 Å². The molecule has 21 heavy (non-hydrogen) atoms. The molecule has 1 N–H and O–H groups in total. The molecule has 1 unspecified atom stereocenters. The van der Waals surface area contributed by atoms with Crippen LogP contribution in [-0.4, -0.2) is 18.1 Å². The fourth-order valence-corrected chi connectivity index (χ4v) is 3.08. The third-order valence-corrected chi connectivity index (χ3v) is 4.33. The van der Waals surface area contributed by atoms with Gasteiger partial charge in [0.1, 0.15) is 5.75 Å². The molecule has 0 amide bonds. The van der Waals surface area contributed by atoms with Crippen molar-refractivity contribution >= 4 is 0 Å². The van der Waals surface area contributed by atoms with Gasteiger partial charge in [-0.2, -0.15) is 0 Å². The molecule has 3 nitrogen and oxygen atoms in total. The predicted molar refractivity (Wildman–Crippen MR) is 84.5 cm³/mol. The number of ether oxygens (including phenoxy) is 1. The van der Waals surface area contributed by atoms with Crippen LogP contribution in [0.1, 0.15) is 43.0 Å². The van der Waals surface area contributed by atoms with Crippen molar-refractivity contribution in [2.75, 3.05) is 7.11 Å². The summed E-state index contributed by atoms with van der Waals surface area (Å²) in [6, 6.07) is 15.3. The van der Waals surface area contributed by atoms with Crippen molar-refractivity contribution in [1.29, 1.82) is 0 Å². The lowest BCUT2D eigenvalue weighted by molar-refractivity contribution is 0.263. The molecule has 1 atom stereocenters. The van der Waals surface area contributed by atoms with Gasteiger partial charge in [-0.25, -0.2) is 0 Å². The van der Waals surface area contributed by atoms with Crippen molar-refractivity contribution in [1.82, 2.24) is 10.3 Å². The second-order valence-electron chi connectivity index (χ2n) is 5.75. The molecule has 1 aromatic carbocycles. The Labute approximate surface area is 126 Å². The van der Waals surface area contributed by atoms with Crippen molar-refractivity contribution in [2.45, 2.75) is 37.8 Å². The van der Waals surface area contributed by atoms with E-state index in [1.807, 2.05) is 30.5 Å². The Morgan fingerprint density at radius 1 is 1.14 bits per heavy atom. The molecule has 3 heteroatoms. The summed E-state index contributed by atoms with van der Waals surface area (Å²) in [5.74, 6) is 1.62. The monoisotopic (exact) mass is 282 g/mol. The van der Waals surface area contributed by atoms with Crippen LogP contribution in [0.2, 0.25) is 0 Å². The third kappa shape index (κ3) is 3.08. The van der Waals surface area contributed by atoms with Crippen LogP contribution in [0.5, 0.6) is 5.75 Å². The molecule has 1 heterocycles. The highest BCUT2D eigenvalue weighted by Crippen LogP contribution is 2.41. The molecule has 110 valence electrons. The van der Waals surface area contributed by atoms with E-state index in [0.29, 0.717) is 18.0 Å². The van der Waals surface area contributed by atoms with E-state index >= 15 is 0 Å². The number of aromatic nitrogens is 1. The van der Waals surface area contributed by atoms with Gasteiger partial charge in [0.2, 0.25) is 0 Å². The smallest absolute Gasteiger partial charge is 0.122 e. The Balaban J connectivity index is 1.56. The normalized spacial score (nSPS) is 22.4. The second-order valence-corrected chi connectivity index (χ2v) is 5.75. The first-order valence-electron chi connectivity index (χ1n) is 7.58. The van der Waals surface area contributed by atoms with E-state index in [0.717, 1.165) is 24.3 Å². The maximum absolute atomic E-state index is 5.46. The average Bonchev–Trinajstić information content (AvgIpc) is 2.51. The largest absolute Gasteiger partial charge is 0.496 e. The van der Waals surface area contributed by atoms with Gasteiger partial charge in [0, 0.05) is 18.3 Å². The lowest BCUT2D eigenvalue weighted by atomic mass is 9.75. The molecule has 0 bridgehead atoms. The standard InChI is InChI=1S/C18H22N2O/c1-13(17-8-5-6-10-19-17)20-15-11-14(12-15)16-7-3-4-9-18(16)21-2/h3-10,13-15,20H,11-12H2,1-2H3. The van der Waals surface area contributed by atoms with Gasteiger partial charge < -0.3 is 10.1 Å². The molecule has 0 saturated heterocycles. The van der Waals surface area contributed by atoms with E-state index in [-0.39, 0.29) is 0 Å². The van der Waals surface area contributed by atoms with E-state index in [2.05, 4.69) is 35.4 Å². The number of benzene rings is 1. The lowest BCUT2D eigenvalue weighted by Crippen LogP contribution is -2.41. The molecule has 2 aromatic rings. The summed E-state index contributed by atoms with van der Waals surface area (Å²) in [5.41, 5.74) is 2.45. The van der Waals surface area contributed by atoms with Crippen molar-refractivity contribution in [3.8, 4) is 5.75 Å². The maximum Gasteiger partial charge on any atom is 0.122 e. The maximum atomic E-state index is 5.46. The predicted octanol–water partition coefficient (Wildman–Crippen LogP) is 3.69. The van der Waals surface area contributed by atoms with Crippen LogP contribution in [0.15, 0.2) is 48.7 Å². The highest BCUT2D eigenvalue weighted by atomic mass is 16.5. The molecule has 3 rings (SSSR count). The first kappa shape index (κ1) is 14.1. The van der Waals surface area contributed by atoms with Crippen molar-refractivity contribution < 1.29 is 4.74 Å². The van der Waals surface area contributed by atoms with Gasteiger partial charge in [-0.3, -0.25) is 4.98 Å². The topological polar surface area (TPSA) is 34.1 Å². The van der Waals surface area contributed by atoms with Crippen LogP contribution in [0.3, 0.4) is 0 Å². The van der Waals surface area contributed by atoms with Crippen LogP contribution in [0, 0.1) is 0 Å². The number of nitrogens with one attached hydrogen (secondary N) is 1. The minimum absolute atomic E-state index is 0.301. The van der Waals surface area contributed by atoms with Gasteiger partial charge in [0.05, 0.1) is 12.8 Å². The summed E-state index contributed by atoms with van der Waals surface area (Å²) in [4.78, 5) is 4.41. The van der Waals surface area contributed by atoms with E-state index < -0.39 is 0 Å². The fraction of sp³-hybridized carbons (Fsp3) is 0.389. The van der Waals surface area contributed by atoms with Crippen molar-refractivity contribution in [2.24, 2.45) is 0 Å². The van der Waals surface area contributed by atoms with E-state index in [4.69, 9.17) is 4.74 Å². The van der Waals surface area contributed by atoms with Crippen LogP contribution >= 0.6 is 0 Å². The number of hydrogen-bond donors (Lipinski definition) is 1. The van der Waals surface area contributed by atoms with Gasteiger partial charge in [0.15, 0.2) is 0 Å². The second kappa shape index (κ2) is 6.27. The van der Waals surface area contributed by atoms with Crippen LogP contribution in [0.25, 0.3) is 0 Å². The number of rotatable bonds is 5. The Bertz CT molecular complexity index is 579. The highest BCUT2D eigenvalue weighted by molar-refractivity contribution is 5.37. The van der Waals surface area contributed by atoms with Crippen molar-refractivity contribution in [3.05, 3.63) is 59.9 Å². The number of hydrogen-bond acceptors (Lipinski definition) is 3. The van der Waals surface area contributed by atoms with Gasteiger partial charge in [-0.15, -0.1) is 0 Å². The number of methoxy groups -OCH3 is 1. The van der Waals surface area contributed by atoms with E-state index in [1.54, 1.807) is 7.11 Å². The molecule has 0 spiro atoms. The molecular weight excluding hydrogens is 260 g/mol. The average molecular weight is 282 g/mol. The first-order chi connectivity index (χ1) is 10.3. The summed E-state index contributed by atoms with van der Waals surface area (Å²) in [6.07, 6.45) is 4.18. The fourth-order valence-electron chi connectivity index (χ4n) is 3.08. The summed E-state index contributed by atoms with van der Waals surface area (Å²) in [7, 11) is 1.75. The number of nitrogens with zero attached hydrogens (tertiary/aromatic N) is 1. The van der Waals surface area contributed by atoms with Gasteiger partial charge in [0.25, 0.3) is 0 Å². The summed E-state index contributed by atoms with van der Waals surface area (Å²) >= 11 is 0. The van der Waals surface area contributed by atoms with Gasteiger partial charge >= 0.3 is 0 Å². The molecule has 1 aliphatic rings. The highest BCUT2D eigenvalue weighted by Gasteiger charge is 2.32. The third-order valence-electron chi connectivity index (χ3n) is 4.33. The number of para-hydroxylation sites is 1. The van der Waals surface area contributed by atoms with Crippen molar-refractivity contribution in [3.63, 3.8) is 0 Å². The molecule has 1 aromatic heterocycles. The SMILES string of the molecule is COc1ccccc1C1CC(NC(C)c2ccccn2)C1. The van der Waals surface area contributed by atoms with Gasteiger partial charge in [-0.1, -0.05) is 24.3 Å². The first-order valence-corrected chi connectivity index (χ1v) is 7.58. The van der Waals surface area contributed by atoms with Crippen LogP contribution < -0.4 is 10.1 Å². The molecule has 1 fully saturated rings. The molecule has 1 aliphatic carbocycles. The molecular formula is C18H22N2O. The van der Waals surface area contributed by atoms with Crippen LogP contribution in [0.4, 0.5) is 0 Å². The Hall–Kier alpha value is -1.87. The van der Waals surface area contributed by atoms with E-state index in [9.17, 15) is 0 Å². The Morgan fingerprint density at radius 3 is 2.62 bits per heavy atom. The molecule has 0 aliphatic heterocycles. The minimum atomic E-state index is 0.301. The minimum Gasteiger partial charge on any atom is -0.496 e. The zero-order valence-corrected chi connectivity index (χ0v) is 12.6. The van der Waals surface area contributed by atoms with Crippen LogP contribution in [-0.2, 0) is 0 Å². The summed E-state index contributed by atoms with van der Waals surface area (Å²) < 4.78 is 5.46.